The second-order valence-corrected chi connectivity index (χ2v) is 16.3. The number of rotatable bonds is 8. The zero-order chi connectivity index (χ0) is 50.1. The highest BCUT2D eigenvalue weighted by Crippen LogP contribution is 2.45. The first kappa shape index (κ1) is 47.6. The lowest BCUT2D eigenvalue weighted by Gasteiger charge is -2.20. The van der Waals surface area contributed by atoms with Crippen LogP contribution in [0.3, 0.4) is 0 Å². The third-order valence-corrected chi connectivity index (χ3v) is 11.8. The monoisotopic (exact) mass is 968 g/mol. The zero-order valence-corrected chi connectivity index (χ0v) is 41.1. The smallest absolute Gasteiger partial charge is 0.146 e. The lowest BCUT2D eigenvalue weighted by molar-refractivity contribution is 0.397. The lowest BCUT2D eigenvalue weighted by atomic mass is 10.1. The number of methoxy groups -OCH3 is 8. The normalized spacial score (nSPS) is 11.7. The molecule has 0 aliphatic carbocycles. The Hall–Kier alpha value is -9.44. The molecule has 1 aliphatic rings. The highest BCUT2D eigenvalue weighted by molar-refractivity contribution is 5.85. The summed E-state index contributed by atoms with van der Waals surface area (Å²) in [5.74, 6) is 4.68. The lowest BCUT2D eigenvalue weighted by Crippen LogP contribution is -2.02. The van der Waals surface area contributed by atoms with Crippen LogP contribution in [0, 0.1) is 0 Å². The molecule has 0 radical (unpaired) electrons. The molecule has 1 heterocycles. The number of anilines is 16. The summed E-state index contributed by atoms with van der Waals surface area (Å²) in [5.41, 5.74) is 12.1. The molecule has 0 aromatic heterocycles. The molecule has 16 heteroatoms. The average Bonchev–Trinajstić information content (AvgIpc) is 3.39. The van der Waals surface area contributed by atoms with Crippen LogP contribution in [0.2, 0.25) is 0 Å². The molecule has 0 saturated heterocycles. The van der Waals surface area contributed by atoms with E-state index in [9.17, 15) is 0 Å². The summed E-state index contributed by atoms with van der Waals surface area (Å²) in [5, 5.41) is 28.5. The summed E-state index contributed by atoms with van der Waals surface area (Å²) in [7, 11) is 13.0. The highest BCUT2D eigenvalue weighted by Gasteiger charge is 2.18. The van der Waals surface area contributed by atoms with Crippen LogP contribution in [-0.2, 0) is 0 Å². The molecule has 0 atom stereocenters. The minimum absolute atomic E-state index is 0.585. The number of hydrogen-bond donors (Lipinski definition) is 8. The Balaban J connectivity index is 1.14. The molecule has 16 nitrogen and oxygen atoms in total. The molecular weight excluding hydrogens is 913 g/mol. The topological polar surface area (TPSA) is 170 Å². The van der Waals surface area contributed by atoms with E-state index >= 15 is 0 Å². The number of hydrogen-bond acceptors (Lipinski definition) is 16. The fourth-order valence-corrected chi connectivity index (χ4v) is 8.32. The summed E-state index contributed by atoms with van der Waals surface area (Å²) >= 11 is 0. The molecular formula is C56H56N8O8. The number of benzene rings is 8. The second-order valence-electron chi connectivity index (χ2n) is 16.3. The van der Waals surface area contributed by atoms with Crippen molar-refractivity contribution in [1.82, 2.24) is 0 Å². The van der Waals surface area contributed by atoms with Crippen molar-refractivity contribution in [2.24, 2.45) is 0 Å². The van der Waals surface area contributed by atoms with Crippen molar-refractivity contribution < 1.29 is 37.9 Å². The van der Waals surface area contributed by atoms with E-state index in [-0.39, 0.29) is 0 Å². The van der Waals surface area contributed by atoms with Gasteiger partial charge in [-0.05, 0) is 97.1 Å². The van der Waals surface area contributed by atoms with E-state index < -0.39 is 0 Å². The standard InChI is InChI=1S/C56H56N8O8/c1-65-49-29-50(66-2)42-25-41(49)57-33-13-9-14-34(21-33)59-43-26-44(52(68-4)30-51(43)67-3)61-37-17-11-18-38(23-37)63-47-28-48(56(72-8)32-55(47)71-7)64-40-20-12-19-39(24-40)62-46-27-45(53(69-5)31-54(46)70-6)60-36-16-10-15-35(22-36)58-42/h9-32,57-64H,1-8H3. The van der Waals surface area contributed by atoms with Gasteiger partial charge < -0.3 is 80.4 Å². The van der Waals surface area contributed by atoms with Gasteiger partial charge in [-0.1, -0.05) is 24.3 Å². The molecule has 8 aromatic rings. The van der Waals surface area contributed by atoms with Crippen LogP contribution in [0.4, 0.5) is 91.0 Å². The van der Waals surface area contributed by atoms with E-state index in [1.165, 1.54) is 0 Å². The van der Waals surface area contributed by atoms with Crippen molar-refractivity contribution in [2.75, 3.05) is 99.4 Å². The Morgan fingerprint density at radius 2 is 0.333 bits per heavy atom. The maximum Gasteiger partial charge on any atom is 0.146 e. The molecule has 0 saturated carbocycles. The first-order chi connectivity index (χ1) is 35.2. The van der Waals surface area contributed by atoms with Crippen LogP contribution >= 0.6 is 0 Å². The van der Waals surface area contributed by atoms with Crippen LogP contribution < -0.4 is 80.4 Å². The van der Waals surface area contributed by atoms with Gasteiger partial charge in [0, 0.05) is 69.8 Å². The predicted octanol–water partition coefficient (Wildman–Crippen LogP) is 14.0. The van der Waals surface area contributed by atoms with E-state index in [4.69, 9.17) is 37.9 Å². The van der Waals surface area contributed by atoms with Crippen molar-refractivity contribution in [2.45, 2.75) is 0 Å². The molecule has 72 heavy (non-hydrogen) atoms. The van der Waals surface area contributed by atoms with Crippen molar-refractivity contribution in [3.63, 3.8) is 0 Å². The number of ether oxygens (including phenoxy) is 8. The van der Waals surface area contributed by atoms with Gasteiger partial charge >= 0.3 is 0 Å². The highest BCUT2D eigenvalue weighted by atomic mass is 16.5. The molecule has 0 spiro atoms. The molecule has 8 aromatic carbocycles. The Morgan fingerprint density at radius 1 is 0.194 bits per heavy atom. The molecule has 0 amide bonds. The molecule has 8 N–H and O–H groups in total. The van der Waals surface area contributed by atoms with Crippen LogP contribution in [0.15, 0.2) is 146 Å². The van der Waals surface area contributed by atoms with Gasteiger partial charge in [0.05, 0.1) is 102 Å². The molecule has 368 valence electrons. The Bertz CT molecular complexity index is 2640. The Kier molecular flexibility index (Phi) is 14.2. The van der Waals surface area contributed by atoms with Gasteiger partial charge in [0.1, 0.15) is 46.0 Å². The van der Waals surface area contributed by atoms with E-state index in [2.05, 4.69) is 42.5 Å². The third kappa shape index (κ3) is 10.6. The summed E-state index contributed by atoms with van der Waals surface area (Å²) in [4.78, 5) is 0. The van der Waals surface area contributed by atoms with Crippen molar-refractivity contribution in [3.05, 3.63) is 146 Å². The van der Waals surface area contributed by atoms with Gasteiger partial charge in [-0.2, -0.15) is 0 Å². The Labute approximate surface area is 418 Å². The summed E-state index contributed by atoms with van der Waals surface area (Å²) in [6.45, 7) is 0. The predicted molar refractivity (Wildman–Crippen MR) is 290 cm³/mol. The summed E-state index contributed by atoms with van der Waals surface area (Å²) < 4.78 is 46.9. The summed E-state index contributed by atoms with van der Waals surface area (Å²) in [6, 6.07) is 46.9. The fraction of sp³-hybridized carbons (Fsp3) is 0.143. The Morgan fingerprint density at radius 3 is 0.458 bits per heavy atom. The van der Waals surface area contributed by atoms with Crippen LogP contribution in [0.1, 0.15) is 0 Å². The van der Waals surface area contributed by atoms with Gasteiger partial charge in [0.25, 0.3) is 0 Å². The maximum atomic E-state index is 5.87. The fourth-order valence-electron chi connectivity index (χ4n) is 8.32. The van der Waals surface area contributed by atoms with Crippen LogP contribution in [-0.4, -0.2) is 56.9 Å². The molecule has 0 unspecified atom stereocenters. The third-order valence-electron chi connectivity index (χ3n) is 11.8. The first-order valence-electron chi connectivity index (χ1n) is 22.8. The van der Waals surface area contributed by atoms with E-state index in [0.29, 0.717) is 91.5 Å². The molecule has 9 rings (SSSR count). The van der Waals surface area contributed by atoms with Crippen molar-refractivity contribution >= 4 is 91.0 Å². The minimum Gasteiger partial charge on any atom is -0.494 e. The van der Waals surface area contributed by atoms with E-state index in [0.717, 1.165) is 45.5 Å². The number of fused-ring (bicyclic) bond motifs is 16. The van der Waals surface area contributed by atoms with Crippen molar-refractivity contribution in [1.29, 1.82) is 0 Å². The van der Waals surface area contributed by atoms with Crippen LogP contribution in [0.25, 0.3) is 0 Å². The summed E-state index contributed by atoms with van der Waals surface area (Å²) in [6.07, 6.45) is 0. The maximum absolute atomic E-state index is 5.87. The second kappa shape index (κ2) is 21.5. The van der Waals surface area contributed by atoms with Gasteiger partial charge in [-0.25, -0.2) is 0 Å². The van der Waals surface area contributed by atoms with Gasteiger partial charge in [0.15, 0.2) is 0 Å². The molecule has 0 fully saturated rings. The van der Waals surface area contributed by atoms with Gasteiger partial charge in [0.2, 0.25) is 0 Å². The van der Waals surface area contributed by atoms with E-state index in [1.807, 2.05) is 146 Å². The van der Waals surface area contributed by atoms with Crippen LogP contribution in [0.5, 0.6) is 46.0 Å². The average molecular weight is 969 g/mol. The van der Waals surface area contributed by atoms with E-state index in [1.54, 1.807) is 56.9 Å². The van der Waals surface area contributed by atoms with Crippen molar-refractivity contribution in [3.8, 4) is 46.0 Å². The van der Waals surface area contributed by atoms with Gasteiger partial charge in [-0.15, -0.1) is 0 Å². The minimum atomic E-state index is 0.585. The SMILES string of the molecule is COc1cc(OC)c2cc1Nc1cccc(c1)Nc1cc(c(OC)cc1OC)Nc1cccc(c1)Nc1cc(c(OC)cc1OC)Nc1cccc(c1)Nc1cc(c(OC)cc1OC)Nc1cccc(c1)N2. The largest absolute Gasteiger partial charge is 0.494 e. The molecule has 1 aliphatic heterocycles. The quantitative estimate of drug-likeness (QED) is 0.0723. The zero-order valence-electron chi connectivity index (χ0n) is 41.1. The number of nitrogens with one attached hydrogen (secondary N) is 8. The van der Waals surface area contributed by atoms with Gasteiger partial charge in [-0.3, -0.25) is 0 Å². The molecule has 16 bridgehead atoms. The first-order valence-corrected chi connectivity index (χ1v) is 22.8.